The number of esters is 3. The van der Waals surface area contributed by atoms with Crippen molar-refractivity contribution in [2.45, 2.75) is 77.6 Å². The van der Waals surface area contributed by atoms with Gasteiger partial charge in [0.15, 0.2) is 6.10 Å². The first-order valence-electron chi connectivity index (χ1n) is 10.9. The number of benzene rings is 1. The normalized spacial score (nSPS) is 35.9. The molecule has 0 bridgehead atoms. The Labute approximate surface area is 182 Å². The van der Waals surface area contributed by atoms with E-state index in [4.69, 9.17) is 14.2 Å². The average Bonchev–Trinajstić information content (AvgIpc) is 2.88. The molecule has 7 heteroatoms. The van der Waals surface area contributed by atoms with Gasteiger partial charge in [0.1, 0.15) is 18.0 Å². The topological polar surface area (TPSA) is 99.1 Å². The molecular formula is C24H30O7. The molecule has 1 N–H and O–H groups in total. The third-order valence-electron chi connectivity index (χ3n) is 7.53. The molecular weight excluding hydrogens is 400 g/mol. The molecule has 4 rings (SSSR count). The minimum absolute atomic E-state index is 0.120. The van der Waals surface area contributed by atoms with Crippen LogP contribution >= 0.6 is 0 Å². The van der Waals surface area contributed by atoms with E-state index >= 15 is 0 Å². The predicted molar refractivity (Wildman–Crippen MR) is 110 cm³/mol. The van der Waals surface area contributed by atoms with Crippen LogP contribution in [0.4, 0.5) is 0 Å². The van der Waals surface area contributed by atoms with E-state index in [1.54, 1.807) is 6.07 Å². The average molecular weight is 430 g/mol. The van der Waals surface area contributed by atoms with Crippen LogP contribution in [0, 0.1) is 17.3 Å². The van der Waals surface area contributed by atoms with E-state index < -0.39 is 41.6 Å². The van der Waals surface area contributed by atoms with Crippen molar-refractivity contribution < 1.29 is 33.7 Å². The lowest BCUT2D eigenvalue weighted by Crippen LogP contribution is -2.47. The van der Waals surface area contributed by atoms with Crippen LogP contribution in [0.2, 0.25) is 0 Å². The summed E-state index contributed by atoms with van der Waals surface area (Å²) in [5.41, 5.74) is 1.89. The molecule has 2 saturated carbocycles. The minimum atomic E-state index is -0.833. The lowest BCUT2D eigenvalue weighted by molar-refractivity contribution is -0.178. The molecule has 0 amide bonds. The van der Waals surface area contributed by atoms with Crippen molar-refractivity contribution in [3.05, 3.63) is 29.3 Å². The number of aryl methyl sites for hydroxylation is 1. The van der Waals surface area contributed by atoms with E-state index in [0.29, 0.717) is 0 Å². The van der Waals surface area contributed by atoms with Gasteiger partial charge in [0.25, 0.3) is 0 Å². The summed E-state index contributed by atoms with van der Waals surface area (Å²) in [6, 6.07) is 5.55. The summed E-state index contributed by atoms with van der Waals surface area (Å²) >= 11 is 0. The zero-order valence-corrected chi connectivity index (χ0v) is 18.4. The highest BCUT2D eigenvalue weighted by Crippen LogP contribution is 2.62. The highest BCUT2D eigenvalue weighted by Gasteiger charge is 2.67. The number of phenolic OH excluding ortho intramolecular Hbond substituents is 1. The second kappa shape index (κ2) is 7.84. The van der Waals surface area contributed by atoms with Crippen LogP contribution in [0.5, 0.6) is 5.75 Å². The summed E-state index contributed by atoms with van der Waals surface area (Å²) in [5.74, 6) is -0.823. The first-order valence-corrected chi connectivity index (χ1v) is 10.9. The second-order valence-corrected chi connectivity index (χ2v) is 9.44. The molecule has 7 nitrogen and oxygen atoms in total. The maximum absolute atomic E-state index is 12.0. The fraction of sp³-hybridized carbons (Fsp3) is 0.625. The fourth-order valence-corrected chi connectivity index (χ4v) is 6.58. The number of carbonyl (C=O) groups is 3. The Morgan fingerprint density at radius 1 is 0.968 bits per heavy atom. The van der Waals surface area contributed by atoms with E-state index in [-0.39, 0.29) is 23.5 Å². The Balaban J connectivity index is 1.78. The Bertz CT molecular complexity index is 909. The number of rotatable bonds is 3. The van der Waals surface area contributed by atoms with Gasteiger partial charge in [-0.2, -0.15) is 0 Å². The van der Waals surface area contributed by atoms with Crippen molar-refractivity contribution in [1.29, 1.82) is 0 Å². The summed E-state index contributed by atoms with van der Waals surface area (Å²) in [6.45, 7) is 6.07. The highest BCUT2D eigenvalue weighted by molar-refractivity contribution is 5.69. The molecule has 0 heterocycles. The summed E-state index contributed by atoms with van der Waals surface area (Å²) < 4.78 is 17.1. The Morgan fingerprint density at radius 2 is 1.61 bits per heavy atom. The lowest BCUT2D eigenvalue weighted by atomic mass is 9.55. The van der Waals surface area contributed by atoms with E-state index in [0.717, 1.165) is 31.2 Å². The van der Waals surface area contributed by atoms with Crippen LogP contribution in [0.25, 0.3) is 0 Å². The highest BCUT2D eigenvalue weighted by atomic mass is 16.6. The molecule has 1 aromatic rings. The Hall–Kier alpha value is -2.57. The zero-order chi connectivity index (χ0) is 22.5. The number of aromatic hydroxyl groups is 1. The Kier molecular flexibility index (Phi) is 5.48. The van der Waals surface area contributed by atoms with Crippen LogP contribution in [0.1, 0.15) is 64.0 Å². The van der Waals surface area contributed by atoms with Crippen molar-refractivity contribution >= 4 is 17.9 Å². The van der Waals surface area contributed by atoms with Crippen molar-refractivity contribution in [1.82, 2.24) is 0 Å². The minimum Gasteiger partial charge on any atom is -0.508 e. The largest absolute Gasteiger partial charge is 0.508 e. The third-order valence-corrected chi connectivity index (χ3v) is 7.53. The van der Waals surface area contributed by atoms with Crippen LogP contribution in [0.3, 0.4) is 0 Å². The molecule has 2 fully saturated rings. The summed E-state index contributed by atoms with van der Waals surface area (Å²) in [6.07, 6.45) is 1.10. The van der Waals surface area contributed by atoms with Gasteiger partial charge in [0, 0.05) is 32.1 Å². The van der Waals surface area contributed by atoms with E-state index in [9.17, 15) is 19.5 Å². The molecule has 0 radical (unpaired) electrons. The zero-order valence-electron chi connectivity index (χ0n) is 18.4. The first-order chi connectivity index (χ1) is 14.6. The fourth-order valence-electron chi connectivity index (χ4n) is 6.58. The van der Waals surface area contributed by atoms with Crippen LogP contribution in [0.15, 0.2) is 18.2 Å². The molecule has 31 heavy (non-hydrogen) atoms. The van der Waals surface area contributed by atoms with Gasteiger partial charge >= 0.3 is 17.9 Å². The van der Waals surface area contributed by atoms with Crippen molar-refractivity contribution in [2.24, 2.45) is 17.3 Å². The predicted octanol–water partition coefficient (Wildman–Crippen LogP) is 3.26. The molecule has 0 aromatic heterocycles. The quantitative estimate of drug-likeness (QED) is 0.580. The van der Waals surface area contributed by atoms with Gasteiger partial charge in [0.05, 0.1) is 0 Å². The second-order valence-electron chi connectivity index (χ2n) is 9.44. The summed E-state index contributed by atoms with van der Waals surface area (Å²) in [4.78, 5) is 35.9. The number of carbonyl (C=O) groups excluding carboxylic acids is 3. The molecule has 0 spiro atoms. The van der Waals surface area contributed by atoms with Gasteiger partial charge in [0.2, 0.25) is 0 Å². The summed E-state index contributed by atoms with van der Waals surface area (Å²) in [5, 5.41) is 9.90. The third kappa shape index (κ3) is 3.68. The summed E-state index contributed by atoms with van der Waals surface area (Å²) in [7, 11) is 0. The van der Waals surface area contributed by atoms with Crippen LogP contribution in [-0.2, 0) is 35.0 Å². The number of phenols is 1. The molecule has 7 atom stereocenters. The molecule has 2 unspecified atom stereocenters. The number of ether oxygens (including phenoxy) is 3. The van der Waals surface area contributed by atoms with E-state index in [1.807, 2.05) is 12.1 Å². The molecule has 3 aliphatic rings. The van der Waals surface area contributed by atoms with Gasteiger partial charge in [-0.1, -0.05) is 13.0 Å². The molecule has 3 aliphatic carbocycles. The lowest BCUT2D eigenvalue weighted by Gasteiger charge is -2.50. The van der Waals surface area contributed by atoms with Gasteiger partial charge in [-0.15, -0.1) is 0 Å². The number of hydrogen-bond acceptors (Lipinski definition) is 7. The van der Waals surface area contributed by atoms with Gasteiger partial charge < -0.3 is 19.3 Å². The number of hydrogen-bond donors (Lipinski definition) is 1. The SMILES string of the molecule is CC(=O)O[C@@H]1[C@H](OC(C)=O)[C@H]2C3CCc4cc(O)ccc4C3CC[C@]2(C)[C@H]1OC(C)=O. The Morgan fingerprint density at radius 3 is 2.26 bits per heavy atom. The first kappa shape index (κ1) is 21.7. The monoisotopic (exact) mass is 430 g/mol. The van der Waals surface area contributed by atoms with E-state index in [1.165, 1.54) is 26.3 Å². The van der Waals surface area contributed by atoms with E-state index in [2.05, 4.69) is 6.92 Å². The molecule has 0 saturated heterocycles. The van der Waals surface area contributed by atoms with Crippen LogP contribution < -0.4 is 0 Å². The van der Waals surface area contributed by atoms with Crippen LogP contribution in [-0.4, -0.2) is 41.3 Å². The maximum atomic E-state index is 12.0. The molecule has 1 aromatic carbocycles. The van der Waals surface area contributed by atoms with Gasteiger partial charge in [-0.3, -0.25) is 14.4 Å². The molecule has 168 valence electrons. The van der Waals surface area contributed by atoms with Gasteiger partial charge in [-0.25, -0.2) is 0 Å². The standard InChI is InChI=1S/C24H30O7/c1-12(25)29-21-20-19-7-5-15-11-16(28)6-8-17(15)18(19)9-10-24(20,4)23(31-14(3)27)22(21)30-13(2)26/h6,8,11,18-23,28H,5,7,9-10H2,1-4H3/t18?,19?,20-,21-,22-,23+,24+/m1/s1. The van der Waals surface area contributed by atoms with Gasteiger partial charge in [-0.05, 0) is 60.8 Å². The number of fused-ring (bicyclic) bond motifs is 5. The van der Waals surface area contributed by atoms with Crippen molar-refractivity contribution in [2.75, 3.05) is 0 Å². The molecule has 0 aliphatic heterocycles. The van der Waals surface area contributed by atoms with Crippen molar-refractivity contribution in [3.8, 4) is 5.75 Å². The smallest absolute Gasteiger partial charge is 0.303 e. The maximum Gasteiger partial charge on any atom is 0.303 e. The van der Waals surface area contributed by atoms with Crippen molar-refractivity contribution in [3.63, 3.8) is 0 Å².